The molecule has 0 aliphatic rings. The Labute approximate surface area is 161 Å². The number of aromatic nitrogens is 1. The van der Waals surface area contributed by atoms with Crippen molar-refractivity contribution < 1.29 is 9.53 Å². The standard InChI is InChI=1S/C20H16Cl2N2O2/c21-18-9-4-8-17(19(18)22)20(25)24-12-14-5-3-7-16(11-14)26-13-15-6-1-2-10-23-15/h1-11H,12-13H2,(H,24,25). The summed E-state index contributed by atoms with van der Waals surface area (Å²) in [6.07, 6.45) is 1.73. The molecule has 0 atom stereocenters. The lowest BCUT2D eigenvalue weighted by atomic mass is 10.2. The van der Waals surface area contributed by atoms with Crippen molar-refractivity contribution in [3.05, 3.63) is 93.7 Å². The lowest BCUT2D eigenvalue weighted by Gasteiger charge is -2.10. The molecule has 1 heterocycles. The normalized spacial score (nSPS) is 10.4. The highest BCUT2D eigenvalue weighted by Crippen LogP contribution is 2.25. The Bertz CT molecular complexity index is 901. The van der Waals surface area contributed by atoms with E-state index in [1.54, 1.807) is 24.4 Å². The molecule has 0 spiro atoms. The molecule has 132 valence electrons. The zero-order chi connectivity index (χ0) is 18.4. The summed E-state index contributed by atoms with van der Waals surface area (Å²) in [4.78, 5) is 16.5. The van der Waals surface area contributed by atoms with E-state index in [1.165, 1.54) is 0 Å². The molecule has 3 aromatic rings. The van der Waals surface area contributed by atoms with Gasteiger partial charge in [-0.3, -0.25) is 9.78 Å². The fourth-order valence-electron chi connectivity index (χ4n) is 2.34. The molecule has 4 nitrogen and oxygen atoms in total. The zero-order valence-electron chi connectivity index (χ0n) is 13.8. The summed E-state index contributed by atoms with van der Waals surface area (Å²) in [5, 5.41) is 3.43. The van der Waals surface area contributed by atoms with E-state index in [9.17, 15) is 4.79 Å². The van der Waals surface area contributed by atoms with E-state index >= 15 is 0 Å². The molecule has 0 bridgehead atoms. The predicted molar refractivity (Wildman–Crippen MR) is 103 cm³/mol. The van der Waals surface area contributed by atoms with Gasteiger partial charge in [-0.2, -0.15) is 0 Å². The molecule has 0 aliphatic heterocycles. The summed E-state index contributed by atoms with van der Waals surface area (Å²) in [5.41, 5.74) is 2.11. The minimum atomic E-state index is -0.280. The number of nitrogens with one attached hydrogen (secondary N) is 1. The first kappa shape index (κ1) is 18.2. The Morgan fingerprint density at radius 1 is 1.04 bits per heavy atom. The number of ether oxygens (including phenoxy) is 1. The molecule has 6 heteroatoms. The summed E-state index contributed by atoms with van der Waals surface area (Å²) in [5.74, 6) is 0.431. The third kappa shape index (κ3) is 4.75. The number of hydrogen-bond acceptors (Lipinski definition) is 3. The minimum absolute atomic E-state index is 0.249. The molecule has 2 aromatic carbocycles. The smallest absolute Gasteiger partial charge is 0.253 e. The zero-order valence-corrected chi connectivity index (χ0v) is 15.3. The van der Waals surface area contributed by atoms with E-state index in [-0.39, 0.29) is 10.9 Å². The van der Waals surface area contributed by atoms with Gasteiger partial charge in [0.25, 0.3) is 5.91 Å². The summed E-state index contributed by atoms with van der Waals surface area (Å²) < 4.78 is 5.75. The van der Waals surface area contributed by atoms with Crippen LogP contribution < -0.4 is 10.1 Å². The lowest BCUT2D eigenvalue weighted by Crippen LogP contribution is -2.23. The average Bonchev–Trinajstić information content (AvgIpc) is 2.68. The molecule has 0 aliphatic carbocycles. The molecular weight excluding hydrogens is 371 g/mol. The Balaban J connectivity index is 1.60. The van der Waals surface area contributed by atoms with Crippen molar-refractivity contribution >= 4 is 29.1 Å². The SMILES string of the molecule is O=C(NCc1cccc(OCc2ccccn2)c1)c1cccc(Cl)c1Cl. The number of carbonyl (C=O) groups is 1. The van der Waals surface area contributed by atoms with Gasteiger partial charge in [0.05, 0.1) is 21.3 Å². The highest BCUT2D eigenvalue weighted by Gasteiger charge is 2.12. The predicted octanol–water partition coefficient (Wildman–Crippen LogP) is 4.90. The number of hydrogen-bond donors (Lipinski definition) is 1. The molecule has 0 radical (unpaired) electrons. The Morgan fingerprint density at radius 3 is 2.69 bits per heavy atom. The molecular formula is C20H16Cl2N2O2. The lowest BCUT2D eigenvalue weighted by molar-refractivity contribution is 0.0951. The fourth-order valence-corrected chi connectivity index (χ4v) is 2.73. The fraction of sp³-hybridized carbons (Fsp3) is 0.100. The maximum Gasteiger partial charge on any atom is 0.253 e. The van der Waals surface area contributed by atoms with Crippen molar-refractivity contribution in [2.24, 2.45) is 0 Å². The van der Waals surface area contributed by atoms with Gasteiger partial charge in [0.1, 0.15) is 12.4 Å². The second-order valence-electron chi connectivity index (χ2n) is 5.54. The van der Waals surface area contributed by atoms with Crippen LogP contribution >= 0.6 is 23.2 Å². The van der Waals surface area contributed by atoms with Crippen LogP contribution in [0.1, 0.15) is 21.6 Å². The number of pyridine rings is 1. The van der Waals surface area contributed by atoms with Crippen molar-refractivity contribution in [1.29, 1.82) is 0 Å². The summed E-state index contributed by atoms with van der Waals surface area (Å²) in [6.45, 7) is 0.733. The molecule has 26 heavy (non-hydrogen) atoms. The second kappa shape index (κ2) is 8.70. The van der Waals surface area contributed by atoms with Gasteiger partial charge in [-0.05, 0) is 42.0 Å². The van der Waals surface area contributed by atoms with Crippen LogP contribution in [-0.2, 0) is 13.2 Å². The Kier molecular flexibility index (Phi) is 6.10. The Morgan fingerprint density at radius 2 is 1.88 bits per heavy atom. The van der Waals surface area contributed by atoms with Crippen molar-refractivity contribution in [3.63, 3.8) is 0 Å². The molecule has 1 aromatic heterocycles. The van der Waals surface area contributed by atoms with Gasteiger partial charge in [0.2, 0.25) is 0 Å². The monoisotopic (exact) mass is 386 g/mol. The van der Waals surface area contributed by atoms with Crippen LogP contribution in [0.15, 0.2) is 66.9 Å². The summed E-state index contributed by atoms with van der Waals surface area (Å²) in [6, 6.07) is 18.2. The van der Waals surface area contributed by atoms with Gasteiger partial charge in [-0.15, -0.1) is 0 Å². The van der Waals surface area contributed by atoms with Gasteiger partial charge in [-0.25, -0.2) is 0 Å². The van der Waals surface area contributed by atoms with Crippen LogP contribution in [0.25, 0.3) is 0 Å². The molecule has 0 unspecified atom stereocenters. The van der Waals surface area contributed by atoms with E-state index in [0.29, 0.717) is 29.5 Å². The van der Waals surface area contributed by atoms with Crippen LogP contribution in [0, 0.1) is 0 Å². The summed E-state index contributed by atoms with van der Waals surface area (Å²) >= 11 is 12.0. The van der Waals surface area contributed by atoms with Gasteiger partial charge < -0.3 is 10.1 Å². The minimum Gasteiger partial charge on any atom is -0.487 e. The molecule has 1 N–H and O–H groups in total. The van der Waals surface area contributed by atoms with Crippen LogP contribution in [0.2, 0.25) is 10.0 Å². The topological polar surface area (TPSA) is 51.2 Å². The highest BCUT2D eigenvalue weighted by molar-refractivity contribution is 6.43. The molecule has 1 amide bonds. The average molecular weight is 387 g/mol. The summed E-state index contributed by atoms with van der Waals surface area (Å²) in [7, 11) is 0. The molecule has 0 saturated carbocycles. The number of amides is 1. The first-order valence-electron chi connectivity index (χ1n) is 7.97. The van der Waals surface area contributed by atoms with E-state index in [1.807, 2.05) is 42.5 Å². The number of halogens is 2. The number of carbonyl (C=O) groups excluding carboxylic acids is 1. The first-order valence-corrected chi connectivity index (χ1v) is 8.73. The third-order valence-corrected chi connectivity index (χ3v) is 4.48. The van der Waals surface area contributed by atoms with E-state index < -0.39 is 0 Å². The van der Waals surface area contributed by atoms with Crippen LogP contribution in [-0.4, -0.2) is 10.9 Å². The second-order valence-corrected chi connectivity index (χ2v) is 6.33. The molecule has 3 rings (SSSR count). The largest absolute Gasteiger partial charge is 0.487 e. The maximum atomic E-state index is 12.3. The van der Waals surface area contributed by atoms with E-state index in [2.05, 4.69) is 10.3 Å². The van der Waals surface area contributed by atoms with Crippen LogP contribution in [0.4, 0.5) is 0 Å². The van der Waals surface area contributed by atoms with Crippen molar-refractivity contribution in [2.75, 3.05) is 0 Å². The quantitative estimate of drug-likeness (QED) is 0.655. The van der Waals surface area contributed by atoms with E-state index in [0.717, 1.165) is 11.3 Å². The van der Waals surface area contributed by atoms with Gasteiger partial charge >= 0.3 is 0 Å². The molecule has 0 fully saturated rings. The first-order chi connectivity index (χ1) is 12.6. The third-order valence-electron chi connectivity index (χ3n) is 3.66. The van der Waals surface area contributed by atoms with Crippen LogP contribution in [0.5, 0.6) is 5.75 Å². The maximum absolute atomic E-state index is 12.3. The molecule has 0 saturated heterocycles. The number of benzene rings is 2. The Hall–Kier alpha value is -2.56. The number of nitrogens with zero attached hydrogens (tertiary/aromatic N) is 1. The van der Waals surface area contributed by atoms with Crippen molar-refractivity contribution in [1.82, 2.24) is 10.3 Å². The number of rotatable bonds is 6. The van der Waals surface area contributed by atoms with Gasteiger partial charge in [0, 0.05) is 12.7 Å². The van der Waals surface area contributed by atoms with E-state index in [4.69, 9.17) is 27.9 Å². The van der Waals surface area contributed by atoms with Gasteiger partial charge in [0.15, 0.2) is 0 Å². The van der Waals surface area contributed by atoms with Gasteiger partial charge in [-0.1, -0.05) is 47.5 Å². The van der Waals surface area contributed by atoms with Crippen molar-refractivity contribution in [2.45, 2.75) is 13.2 Å². The highest BCUT2D eigenvalue weighted by atomic mass is 35.5. The van der Waals surface area contributed by atoms with Crippen LogP contribution in [0.3, 0.4) is 0 Å². The van der Waals surface area contributed by atoms with Crippen molar-refractivity contribution in [3.8, 4) is 5.75 Å².